The molecule has 0 atom stereocenters. The maximum Gasteiger partial charge on any atom is 0.337 e. The summed E-state index contributed by atoms with van der Waals surface area (Å²) in [5.41, 5.74) is 1.50. The van der Waals surface area contributed by atoms with Crippen molar-refractivity contribution in [2.75, 3.05) is 12.4 Å². The second-order valence-electron chi connectivity index (χ2n) is 4.82. The van der Waals surface area contributed by atoms with Crippen LogP contribution in [0.4, 0.5) is 5.13 Å². The van der Waals surface area contributed by atoms with Crippen LogP contribution in [0.5, 0.6) is 0 Å². The number of nitrogens with one attached hydrogen (secondary N) is 1. The number of fused-ring (bicyclic) bond motifs is 1. The summed E-state index contributed by atoms with van der Waals surface area (Å²) in [6.07, 6.45) is 5.05. The molecule has 1 aliphatic rings. The Bertz CT molecular complexity index is 603. The van der Waals surface area contributed by atoms with Crippen LogP contribution in [0.3, 0.4) is 0 Å². The topological polar surface area (TPSA) is 51.2 Å². The molecule has 0 spiro atoms. The Labute approximate surface area is 115 Å². The van der Waals surface area contributed by atoms with Gasteiger partial charge in [0.1, 0.15) is 0 Å². The van der Waals surface area contributed by atoms with E-state index in [4.69, 9.17) is 4.74 Å². The van der Waals surface area contributed by atoms with Gasteiger partial charge in [0.05, 0.1) is 22.9 Å². The predicted octanol–water partition coefficient (Wildman–Crippen LogP) is 3.44. The Balaban J connectivity index is 1.85. The summed E-state index contributed by atoms with van der Waals surface area (Å²) in [5, 5.41) is 4.43. The number of carbonyl (C=O) groups excluding carboxylic acids is 1. The average molecular weight is 276 g/mol. The number of anilines is 1. The fraction of sp³-hybridized carbons (Fsp3) is 0.429. The highest BCUT2D eigenvalue weighted by molar-refractivity contribution is 7.22. The molecule has 0 unspecified atom stereocenters. The van der Waals surface area contributed by atoms with E-state index in [-0.39, 0.29) is 5.97 Å². The Morgan fingerprint density at radius 1 is 1.42 bits per heavy atom. The number of hydrogen-bond acceptors (Lipinski definition) is 5. The van der Waals surface area contributed by atoms with Gasteiger partial charge in [-0.05, 0) is 31.0 Å². The number of nitrogens with zero attached hydrogens (tertiary/aromatic N) is 1. The van der Waals surface area contributed by atoms with Crippen LogP contribution in [-0.4, -0.2) is 24.1 Å². The number of methoxy groups -OCH3 is 1. The van der Waals surface area contributed by atoms with Gasteiger partial charge in [0.25, 0.3) is 0 Å². The zero-order valence-electron chi connectivity index (χ0n) is 10.8. The first kappa shape index (κ1) is 12.4. The van der Waals surface area contributed by atoms with Gasteiger partial charge in [-0.3, -0.25) is 0 Å². The molecule has 0 aliphatic heterocycles. The molecule has 2 aromatic rings. The Morgan fingerprint density at radius 2 is 2.21 bits per heavy atom. The van der Waals surface area contributed by atoms with Crippen molar-refractivity contribution in [1.82, 2.24) is 4.98 Å². The summed E-state index contributed by atoms with van der Waals surface area (Å²) in [7, 11) is 1.40. The minimum atomic E-state index is -0.305. The van der Waals surface area contributed by atoms with Gasteiger partial charge in [-0.15, -0.1) is 0 Å². The third kappa shape index (κ3) is 2.56. The Morgan fingerprint density at radius 3 is 2.95 bits per heavy atom. The third-order valence-corrected chi connectivity index (χ3v) is 4.44. The number of thiazole rings is 1. The van der Waals surface area contributed by atoms with E-state index in [9.17, 15) is 4.79 Å². The third-order valence-electron chi connectivity index (χ3n) is 3.49. The SMILES string of the molecule is COC(=O)c1ccc2nc(NC3CCCC3)sc2c1. The summed E-state index contributed by atoms with van der Waals surface area (Å²) in [4.78, 5) is 16.0. The van der Waals surface area contributed by atoms with Crippen molar-refractivity contribution >= 4 is 32.7 Å². The molecule has 1 fully saturated rings. The van der Waals surface area contributed by atoms with Crippen molar-refractivity contribution in [1.29, 1.82) is 0 Å². The first-order chi connectivity index (χ1) is 9.26. The maximum atomic E-state index is 11.5. The lowest BCUT2D eigenvalue weighted by Crippen LogP contribution is -2.13. The number of carbonyl (C=O) groups is 1. The van der Waals surface area contributed by atoms with Gasteiger partial charge in [-0.2, -0.15) is 0 Å². The van der Waals surface area contributed by atoms with Gasteiger partial charge in [0.2, 0.25) is 0 Å². The molecule has 5 heteroatoms. The van der Waals surface area contributed by atoms with Crippen LogP contribution in [-0.2, 0) is 4.74 Å². The van der Waals surface area contributed by atoms with Crippen molar-refractivity contribution in [3.63, 3.8) is 0 Å². The zero-order chi connectivity index (χ0) is 13.2. The first-order valence-electron chi connectivity index (χ1n) is 6.52. The summed E-state index contributed by atoms with van der Waals surface area (Å²) in [6.45, 7) is 0. The number of esters is 1. The summed E-state index contributed by atoms with van der Waals surface area (Å²) < 4.78 is 5.75. The quantitative estimate of drug-likeness (QED) is 0.872. The van der Waals surface area contributed by atoms with Crippen LogP contribution in [0.2, 0.25) is 0 Å². The summed E-state index contributed by atoms with van der Waals surface area (Å²) >= 11 is 1.60. The highest BCUT2D eigenvalue weighted by Crippen LogP contribution is 2.30. The lowest BCUT2D eigenvalue weighted by atomic mass is 10.2. The highest BCUT2D eigenvalue weighted by atomic mass is 32.1. The molecule has 0 bridgehead atoms. The van der Waals surface area contributed by atoms with Gasteiger partial charge in [-0.1, -0.05) is 24.2 Å². The van der Waals surface area contributed by atoms with E-state index in [0.29, 0.717) is 11.6 Å². The average Bonchev–Trinajstić information content (AvgIpc) is 3.05. The maximum absolute atomic E-state index is 11.5. The van der Waals surface area contributed by atoms with Gasteiger partial charge in [0.15, 0.2) is 5.13 Å². The molecule has 100 valence electrons. The van der Waals surface area contributed by atoms with Crippen molar-refractivity contribution in [2.45, 2.75) is 31.7 Å². The fourth-order valence-corrected chi connectivity index (χ4v) is 3.46. The second kappa shape index (κ2) is 5.17. The molecule has 1 aromatic heterocycles. The normalized spacial score (nSPS) is 15.8. The molecule has 1 aliphatic carbocycles. The van der Waals surface area contributed by atoms with Gasteiger partial charge < -0.3 is 10.1 Å². The zero-order valence-corrected chi connectivity index (χ0v) is 11.6. The van der Waals surface area contributed by atoms with Crippen molar-refractivity contribution in [3.8, 4) is 0 Å². The Hall–Kier alpha value is -1.62. The molecule has 4 nitrogen and oxygen atoms in total. The molecule has 1 heterocycles. The molecular weight excluding hydrogens is 260 g/mol. The fourth-order valence-electron chi connectivity index (χ4n) is 2.48. The first-order valence-corrected chi connectivity index (χ1v) is 7.33. The Kier molecular flexibility index (Phi) is 3.38. The molecule has 19 heavy (non-hydrogen) atoms. The van der Waals surface area contributed by atoms with Crippen LogP contribution in [0, 0.1) is 0 Å². The van der Waals surface area contributed by atoms with Gasteiger partial charge in [0, 0.05) is 6.04 Å². The minimum absolute atomic E-state index is 0.305. The highest BCUT2D eigenvalue weighted by Gasteiger charge is 2.16. The largest absolute Gasteiger partial charge is 0.465 e. The van der Waals surface area contributed by atoms with E-state index in [2.05, 4.69) is 10.3 Å². The molecule has 1 N–H and O–H groups in total. The molecule has 0 amide bonds. The van der Waals surface area contributed by atoms with Crippen molar-refractivity contribution in [2.24, 2.45) is 0 Å². The van der Waals surface area contributed by atoms with E-state index >= 15 is 0 Å². The summed E-state index contributed by atoms with van der Waals surface area (Å²) in [6, 6.07) is 6.03. The second-order valence-corrected chi connectivity index (χ2v) is 5.85. The molecule has 1 saturated carbocycles. The van der Waals surface area contributed by atoms with Crippen LogP contribution >= 0.6 is 11.3 Å². The van der Waals surface area contributed by atoms with Crippen molar-refractivity contribution in [3.05, 3.63) is 23.8 Å². The van der Waals surface area contributed by atoms with E-state index in [1.165, 1.54) is 32.8 Å². The molecular formula is C14H16N2O2S. The lowest BCUT2D eigenvalue weighted by Gasteiger charge is -2.09. The van der Waals surface area contributed by atoms with Crippen LogP contribution < -0.4 is 5.32 Å². The standard InChI is InChI=1S/C14H16N2O2S/c1-18-13(17)9-6-7-11-12(8-9)19-14(16-11)15-10-4-2-3-5-10/h6-8,10H,2-5H2,1H3,(H,15,16). The molecule has 3 rings (SSSR count). The summed E-state index contributed by atoms with van der Waals surface area (Å²) in [5.74, 6) is -0.305. The number of rotatable bonds is 3. The molecule has 0 saturated heterocycles. The van der Waals surface area contributed by atoms with E-state index in [1.807, 2.05) is 12.1 Å². The monoisotopic (exact) mass is 276 g/mol. The van der Waals surface area contributed by atoms with Gasteiger partial charge in [-0.25, -0.2) is 9.78 Å². The van der Waals surface area contributed by atoms with Crippen molar-refractivity contribution < 1.29 is 9.53 Å². The smallest absolute Gasteiger partial charge is 0.337 e. The van der Waals surface area contributed by atoms with E-state index in [1.54, 1.807) is 17.4 Å². The van der Waals surface area contributed by atoms with E-state index in [0.717, 1.165) is 15.3 Å². The van der Waals surface area contributed by atoms with Crippen LogP contribution in [0.15, 0.2) is 18.2 Å². The van der Waals surface area contributed by atoms with Gasteiger partial charge >= 0.3 is 5.97 Å². The van der Waals surface area contributed by atoms with Crippen LogP contribution in [0.25, 0.3) is 10.2 Å². The molecule has 1 aromatic carbocycles. The number of ether oxygens (including phenoxy) is 1. The number of aromatic nitrogens is 1. The number of benzene rings is 1. The number of hydrogen-bond donors (Lipinski definition) is 1. The lowest BCUT2D eigenvalue weighted by molar-refractivity contribution is 0.0601. The van der Waals surface area contributed by atoms with Crippen LogP contribution in [0.1, 0.15) is 36.0 Å². The predicted molar refractivity (Wildman–Crippen MR) is 76.8 cm³/mol. The molecule has 0 radical (unpaired) electrons. The van der Waals surface area contributed by atoms with E-state index < -0.39 is 0 Å². The minimum Gasteiger partial charge on any atom is -0.465 e.